The van der Waals surface area contributed by atoms with Gasteiger partial charge in [-0.25, -0.2) is 8.42 Å². The maximum absolute atomic E-state index is 12.6. The Labute approximate surface area is 173 Å². The van der Waals surface area contributed by atoms with E-state index in [4.69, 9.17) is 9.52 Å². The van der Waals surface area contributed by atoms with Crippen LogP contribution in [0.1, 0.15) is 51.1 Å². The van der Waals surface area contributed by atoms with Crippen molar-refractivity contribution in [3.63, 3.8) is 0 Å². The van der Waals surface area contributed by atoms with Crippen LogP contribution in [0.3, 0.4) is 0 Å². The molecule has 0 bridgehead atoms. The van der Waals surface area contributed by atoms with Crippen molar-refractivity contribution in [3.05, 3.63) is 18.0 Å². The van der Waals surface area contributed by atoms with Crippen molar-refractivity contribution in [1.82, 2.24) is 19.7 Å². The lowest BCUT2D eigenvalue weighted by atomic mass is 9.85. The highest BCUT2D eigenvalue weighted by Crippen LogP contribution is 2.44. The normalized spacial score (nSPS) is 27.2. The van der Waals surface area contributed by atoms with Gasteiger partial charge in [-0.2, -0.15) is 4.31 Å². The van der Waals surface area contributed by atoms with Gasteiger partial charge in [-0.15, -0.1) is 0 Å². The van der Waals surface area contributed by atoms with Crippen molar-refractivity contribution in [2.45, 2.75) is 57.2 Å². The molecule has 1 aliphatic heterocycles. The lowest BCUT2D eigenvalue weighted by Crippen LogP contribution is -2.54. The molecule has 1 saturated heterocycles. The molecule has 1 aromatic heterocycles. The minimum atomic E-state index is -3.38. The van der Waals surface area contributed by atoms with Gasteiger partial charge in [0, 0.05) is 44.8 Å². The fourth-order valence-electron chi connectivity index (χ4n) is 4.78. The molecule has 0 amide bonds. The van der Waals surface area contributed by atoms with E-state index in [1.165, 1.54) is 44.8 Å². The second-order valence-electron chi connectivity index (χ2n) is 8.48. The Morgan fingerprint density at radius 2 is 2.00 bits per heavy atom. The fourth-order valence-corrected chi connectivity index (χ4v) is 6.21. The lowest BCUT2D eigenvalue weighted by Gasteiger charge is -2.36. The Morgan fingerprint density at radius 1 is 1.24 bits per heavy atom. The summed E-state index contributed by atoms with van der Waals surface area (Å²) in [6.07, 6.45) is 9.58. The predicted octanol–water partition coefficient (Wildman–Crippen LogP) is 2.06. The van der Waals surface area contributed by atoms with E-state index in [9.17, 15) is 8.42 Å². The first-order valence-electron chi connectivity index (χ1n) is 11.0. The van der Waals surface area contributed by atoms with Gasteiger partial charge >= 0.3 is 0 Å². The minimum Gasteiger partial charge on any atom is -0.364 e. The van der Waals surface area contributed by atoms with Crippen molar-refractivity contribution >= 4 is 16.0 Å². The van der Waals surface area contributed by atoms with Crippen LogP contribution in [0.2, 0.25) is 0 Å². The van der Waals surface area contributed by atoms with Crippen LogP contribution in [-0.4, -0.2) is 67.5 Å². The Hall–Kier alpha value is -1.61. The zero-order valence-electron chi connectivity index (χ0n) is 17.3. The summed E-state index contributed by atoms with van der Waals surface area (Å²) in [7, 11) is -3.38. The number of hydrogen-bond acceptors (Lipinski definition) is 5. The third kappa shape index (κ3) is 5.12. The van der Waals surface area contributed by atoms with Gasteiger partial charge < -0.3 is 14.7 Å². The molecule has 8 nitrogen and oxygen atoms in total. The zero-order chi connectivity index (χ0) is 20.3. The van der Waals surface area contributed by atoms with E-state index in [2.05, 4.69) is 15.4 Å². The van der Waals surface area contributed by atoms with Crippen molar-refractivity contribution < 1.29 is 12.9 Å². The molecule has 1 aromatic rings. The van der Waals surface area contributed by atoms with Crippen LogP contribution in [0, 0.1) is 11.8 Å². The van der Waals surface area contributed by atoms with E-state index >= 15 is 0 Å². The minimum absolute atomic E-state index is 0.108. The predicted molar refractivity (Wildman–Crippen MR) is 112 cm³/mol. The van der Waals surface area contributed by atoms with Gasteiger partial charge in [-0.05, 0) is 25.2 Å². The highest BCUT2D eigenvalue weighted by atomic mass is 32.2. The average molecular weight is 424 g/mol. The number of hydrogen-bond donors (Lipinski definition) is 1. The maximum Gasteiger partial charge on any atom is 0.220 e. The first kappa shape index (κ1) is 20.7. The molecule has 9 heteroatoms. The smallest absolute Gasteiger partial charge is 0.220 e. The van der Waals surface area contributed by atoms with E-state index < -0.39 is 10.0 Å². The van der Waals surface area contributed by atoms with Crippen LogP contribution >= 0.6 is 0 Å². The Morgan fingerprint density at radius 3 is 2.66 bits per heavy atom. The molecular weight excluding hydrogens is 390 g/mol. The number of rotatable bonds is 6. The third-order valence-corrected chi connectivity index (χ3v) is 8.28. The first-order chi connectivity index (χ1) is 14.1. The summed E-state index contributed by atoms with van der Waals surface area (Å²) in [5.41, 5.74) is 0.449. The summed E-state index contributed by atoms with van der Waals surface area (Å²) in [6.45, 7) is 5.04. The van der Waals surface area contributed by atoms with E-state index in [1.807, 2.05) is 6.92 Å². The Bertz CT molecular complexity index is 781. The molecule has 2 atom stereocenters. The van der Waals surface area contributed by atoms with Crippen molar-refractivity contribution in [3.8, 4) is 0 Å². The molecule has 2 unspecified atom stereocenters. The summed E-state index contributed by atoms with van der Waals surface area (Å²) in [5, 5.41) is 7.41. The van der Waals surface area contributed by atoms with Crippen LogP contribution in [0.25, 0.3) is 0 Å². The maximum atomic E-state index is 12.6. The molecular formula is C20H33N5O3S. The molecule has 2 aliphatic carbocycles. The molecule has 0 radical (unpaired) electrons. The SMILES string of the molecule is CCN=C(NC1CC1C1CCCCC1)N1CCN(S(=O)(=O)Cc2ccon2)CC1. The van der Waals surface area contributed by atoms with Crippen molar-refractivity contribution in [2.24, 2.45) is 16.8 Å². The number of guanidine groups is 1. The summed E-state index contributed by atoms with van der Waals surface area (Å²) in [4.78, 5) is 6.91. The van der Waals surface area contributed by atoms with Gasteiger partial charge in [-0.1, -0.05) is 37.3 Å². The second kappa shape index (κ2) is 9.04. The van der Waals surface area contributed by atoms with Crippen molar-refractivity contribution in [2.75, 3.05) is 32.7 Å². The van der Waals surface area contributed by atoms with Gasteiger partial charge in [-0.3, -0.25) is 4.99 Å². The molecule has 4 rings (SSSR count). The van der Waals surface area contributed by atoms with E-state index in [0.717, 1.165) is 24.3 Å². The molecule has 0 spiro atoms. The monoisotopic (exact) mass is 423 g/mol. The summed E-state index contributed by atoms with van der Waals surface area (Å²) >= 11 is 0. The number of piperazine rings is 1. The molecule has 3 aliphatic rings. The van der Waals surface area contributed by atoms with Gasteiger partial charge in [0.15, 0.2) is 5.96 Å². The molecule has 3 fully saturated rings. The summed E-state index contributed by atoms with van der Waals surface area (Å²) in [5.74, 6) is 2.51. The van der Waals surface area contributed by atoms with Crippen LogP contribution in [0.15, 0.2) is 21.8 Å². The van der Waals surface area contributed by atoms with Crippen LogP contribution < -0.4 is 5.32 Å². The molecule has 0 aromatic carbocycles. The second-order valence-corrected chi connectivity index (χ2v) is 10.4. The molecule has 2 saturated carbocycles. The zero-order valence-corrected chi connectivity index (χ0v) is 18.1. The Kier molecular flexibility index (Phi) is 6.44. The topological polar surface area (TPSA) is 91.0 Å². The van der Waals surface area contributed by atoms with E-state index in [0.29, 0.717) is 37.9 Å². The van der Waals surface area contributed by atoms with Gasteiger partial charge in [0.25, 0.3) is 0 Å². The first-order valence-corrected chi connectivity index (χ1v) is 12.6. The number of nitrogens with one attached hydrogen (secondary N) is 1. The lowest BCUT2D eigenvalue weighted by molar-refractivity contribution is 0.258. The Balaban J connectivity index is 1.29. The highest BCUT2D eigenvalue weighted by molar-refractivity contribution is 7.88. The van der Waals surface area contributed by atoms with Crippen LogP contribution in [0.4, 0.5) is 0 Å². The summed E-state index contributed by atoms with van der Waals surface area (Å²) in [6, 6.07) is 2.14. The van der Waals surface area contributed by atoms with E-state index in [-0.39, 0.29) is 5.75 Å². The third-order valence-electron chi connectivity index (χ3n) is 6.47. The van der Waals surface area contributed by atoms with Crippen LogP contribution in [-0.2, 0) is 15.8 Å². The molecule has 2 heterocycles. The largest absolute Gasteiger partial charge is 0.364 e. The fraction of sp³-hybridized carbons (Fsp3) is 0.800. The van der Waals surface area contributed by atoms with Crippen LogP contribution in [0.5, 0.6) is 0 Å². The number of aliphatic imine (C=N–C) groups is 1. The number of nitrogens with zero attached hydrogens (tertiary/aromatic N) is 4. The molecule has 29 heavy (non-hydrogen) atoms. The van der Waals surface area contributed by atoms with Gasteiger partial charge in [0.2, 0.25) is 10.0 Å². The number of sulfonamides is 1. The molecule has 162 valence electrons. The van der Waals surface area contributed by atoms with Gasteiger partial charge in [0.05, 0.1) is 5.69 Å². The van der Waals surface area contributed by atoms with Crippen molar-refractivity contribution in [1.29, 1.82) is 0 Å². The average Bonchev–Trinajstić information content (AvgIpc) is 3.32. The summed E-state index contributed by atoms with van der Waals surface area (Å²) < 4.78 is 31.6. The standard InChI is InChI=1S/C20H33N5O3S/c1-2-21-20(22-19-14-18(19)16-6-4-3-5-7-16)24-9-11-25(12-10-24)29(26,27)15-17-8-13-28-23-17/h8,13,16,18-19H,2-7,9-12,14-15H2,1H3,(H,21,22). The van der Waals surface area contributed by atoms with Gasteiger partial charge in [0.1, 0.15) is 12.0 Å². The number of aromatic nitrogens is 1. The highest BCUT2D eigenvalue weighted by Gasteiger charge is 2.44. The van der Waals surface area contributed by atoms with E-state index in [1.54, 1.807) is 10.4 Å². The quantitative estimate of drug-likeness (QED) is 0.556. The molecule has 1 N–H and O–H groups in total.